The minimum Gasteiger partial charge on any atom is -0.357 e. The van der Waals surface area contributed by atoms with Crippen LogP contribution in [-0.2, 0) is 0 Å². The van der Waals surface area contributed by atoms with Crippen molar-refractivity contribution in [2.24, 2.45) is 10.9 Å². The number of likely N-dealkylation sites (tertiary alicyclic amines) is 2. The van der Waals surface area contributed by atoms with Crippen LogP contribution in [0.1, 0.15) is 60.3 Å². The van der Waals surface area contributed by atoms with Crippen molar-refractivity contribution in [1.29, 1.82) is 0 Å². The Morgan fingerprint density at radius 1 is 1.08 bits per heavy atom. The quantitative estimate of drug-likeness (QED) is 0.335. The molecule has 26 heavy (non-hydrogen) atoms. The van der Waals surface area contributed by atoms with Crippen LogP contribution >= 0.6 is 24.0 Å². The van der Waals surface area contributed by atoms with Crippen molar-refractivity contribution in [3.8, 4) is 0 Å². The summed E-state index contributed by atoms with van der Waals surface area (Å²) in [6, 6.07) is 1.85. The standard InChI is InChI=1S/C20H41N5.HI/c1-6-21-20(23-18-9-12-24(13-10-18)17(4)5)22-14-19-8-7-11-25(19)15-16(2)3;/h16-19H,6-15H2,1-5H3,(H2,21,22,23);1H/t19-;/m1./s1. The Kier molecular flexibility index (Phi) is 11.4. The maximum absolute atomic E-state index is 4.94. The number of guanidine groups is 1. The highest BCUT2D eigenvalue weighted by atomic mass is 127. The second kappa shape index (κ2) is 12.4. The number of hydrogen-bond donors (Lipinski definition) is 2. The van der Waals surface area contributed by atoms with Crippen molar-refractivity contribution >= 4 is 29.9 Å². The molecule has 5 nitrogen and oxygen atoms in total. The monoisotopic (exact) mass is 479 g/mol. The molecule has 2 heterocycles. The highest BCUT2D eigenvalue weighted by Crippen LogP contribution is 2.19. The molecule has 2 aliphatic rings. The lowest BCUT2D eigenvalue weighted by molar-refractivity contribution is 0.167. The average Bonchev–Trinajstić information content (AvgIpc) is 2.99. The van der Waals surface area contributed by atoms with Gasteiger partial charge in [0, 0.05) is 44.3 Å². The predicted molar refractivity (Wildman–Crippen MR) is 124 cm³/mol. The summed E-state index contributed by atoms with van der Waals surface area (Å²) in [5, 5.41) is 7.14. The van der Waals surface area contributed by atoms with Crippen LogP contribution in [0.4, 0.5) is 0 Å². The zero-order valence-electron chi connectivity index (χ0n) is 17.6. The first-order valence-electron chi connectivity index (χ1n) is 10.5. The first-order chi connectivity index (χ1) is 12.0. The zero-order valence-corrected chi connectivity index (χ0v) is 20.0. The van der Waals surface area contributed by atoms with E-state index >= 15 is 0 Å². The first-order valence-corrected chi connectivity index (χ1v) is 10.5. The van der Waals surface area contributed by atoms with Gasteiger partial charge in [0.1, 0.15) is 0 Å². The summed E-state index contributed by atoms with van der Waals surface area (Å²) >= 11 is 0. The molecule has 0 bridgehead atoms. The first kappa shape index (κ1) is 24.0. The van der Waals surface area contributed by atoms with Crippen molar-refractivity contribution in [1.82, 2.24) is 20.4 Å². The molecule has 2 aliphatic heterocycles. The molecule has 0 aromatic carbocycles. The molecule has 2 rings (SSSR count). The molecule has 1 atom stereocenters. The lowest BCUT2D eigenvalue weighted by Crippen LogP contribution is -2.50. The smallest absolute Gasteiger partial charge is 0.191 e. The molecule has 0 spiro atoms. The van der Waals surface area contributed by atoms with E-state index in [4.69, 9.17) is 4.99 Å². The molecule has 2 N–H and O–H groups in total. The topological polar surface area (TPSA) is 42.9 Å². The third-order valence-electron chi connectivity index (χ3n) is 5.50. The van der Waals surface area contributed by atoms with Crippen LogP contribution in [0.15, 0.2) is 4.99 Å². The molecule has 2 fully saturated rings. The number of halogens is 1. The largest absolute Gasteiger partial charge is 0.357 e. The molecule has 0 radical (unpaired) electrons. The minimum atomic E-state index is 0. The van der Waals surface area contributed by atoms with Gasteiger partial charge in [-0.05, 0) is 58.9 Å². The molecule has 0 saturated carbocycles. The van der Waals surface area contributed by atoms with Crippen molar-refractivity contribution in [3.05, 3.63) is 0 Å². The fraction of sp³-hybridized carbons (Fsp3) is 0.950. The van der Waals surface area contributed by atoms with Crippen LogP contribution in [-0.4, -0.2) is 73.2 Å². The maximum Gasteiger partial charge on any atom is 0.191 e. The summed E-state index contributed by atoms with van der Waals surface area (Å²) < 4.78 is 0. The van der Waals surface area contributed by atoms with Gasteiger partial charge in [0.05, 0.1) is 6.54 Å². The predicted octanol–water partition coefficient (Wildman–Crippen LogP) is 3.15. The number of piperidine rings is 1. The SMILES string of the molecule is CCNC(=NC[C@H]1CCCN1CC(C)C)NC1CCN(C(C)C)CC1.I. The minimum absolute atomic E-state index is 0. The van der Waals surface area contributed by atoms with E-state index in [1.165, 1.54) is 51.9 Å². The fourth-order valence-electron chi connectivity index (χ4n) is 4.08. The van der Waals surface area contributed by atoms with Crippen LogP contribution in [0.2, 0.25) is 0 Å². The molecule has 0 aromatic heterocycles. The molecular weight excluding hydrogens is 437 g/mol. The second-order valence-electron chi connectivity index (χ2n) is 8.45. The van der Waals surface area contributed by atoms with Gasteiger partial charge in [0.15, 0.2) is 5.96 Å². The van der Waals surface area contributed by atoms with Crippen LogP contribution in [0.5, 0.6) is 0 Å². The molecule has 0 aliphatic carbocycles. The van der Waals surface area contributed by atoms with E-state index in [2.05, 4.69) is 55.1 Å². The number of nitrogens with zero attached hydrogens (tertiary/aromatic N) is 3. The molecule has 154 valence electrons. The fourth-order valence-corrected chi connectivity index (χ4v) is 4.08. The lowest BCUT2D eigenvalue weighted by Gasteiger charge is -2.35. The average molecular weight is 479 g/mol. The summed E-state index contributed by atoms with van der Waals surface area (Å²) in [7, 11) is 0. The van der Waals surface area contributed by atoms with Gasteiger partial charge in [-0.15, -0.1) is 24.0 Å². The lowest BCUT2D eigenvalue weighted by atomic mass is 10.0. The van der Waals surface area contributed by atoms with Gasteiger partial charge in [-0.3, -0.25) is 9.89 Å². The number of hydrogen-bond acceptors (Lipinski definition) is 3. The highest BCUT2D eigenvalue weighted by Gasteiger charge is 2.25. The molecular formula is C20H42IN5. The van der Waals surface area contributed by atoms with E-state index in [0.29, 0.717) is 18.1 Å². The Labute approximate surface area is 178 Å². The van der Waals surface area contributed by atoms with Crippen LogP contribution in [0.25, 0.3) is 0 Å². The Morgan fingerprint density at radius 3 is 2.35 bits per heavy atom. The Balaban J connectivity index is 0.00000338. The summed E-state index contributed by atoms with van der Waals surface area (Å²) in [6.45, 7) is 18.1. The number of aliphatic imine (C=N–C) groups is 1. The van der Waals surface area contributed by atoms with Gasteiger partial charge in [0.25, 0.3) is 0 Å². The summed E-state index contributed by atoms with van der Waals surface area (Å²) in [5.41, 5.74) is 0. The third-order valence-corrected chi connectivity index (χ3v) is 5.50. The summed E-state index contributed by atoms with van der Waals surface area (Å²) in [5.74, 6) is 1.75. The highest BCUT2D eigenvalue weighted by molar-refractivity contribution is 14.0. The van der Waals surface area contributed by atoms with E-state index in [0.717, 1.165) is 25.0 Å². The maximum atomic E-state index is 4.94. The Bertz CT molecular complexity index is 405. The van der Waals surface area contributed by atoms with Crippen molar-refractivity contribution in [2.75, 3.05) is 39.3 Å². The molecule has 6 heteroatoms. The zero-order chi connectivity index (χ0) is 18.2. The Morgan fingerprint density at radius 2 is 1.77 bits per heavy atom. The van der Waals surface area contributed by atoms with Crippen molar-refractivity contribution in [3.63, 3.8) is 0 Å². The molecule has 0 aromatic rings. The van der Waals surface area contributed by atoms with Crippen molar-refractivity contribution < 1.29 is 0 Å². The van der Waals surface area contributed by atoms with Gasteiger partial charge < -0.3 is 15.5 Å². The molecule has 0 unspecified atom stereocenters. The van der Waals surface area contributed by atoms with Crippen LogP contribution < -0.4 is 10.6 Å². The van der Waals surface area contributed by atoms with E-state index in [1.807, 2.05) is 0 Å². The van der Waals surface area contributed by atoms with Gasteiger partial charge >= 0.3 is 0 Å². The number of rotatable bonds is 7. The van der Waals surface area contributed by atoms with E-state index in [9.17, 15) is 0 Å². The third kappa shape index (κ3) is 7.89. The van der Waals surface area contributed by atoms with Gasteiger partial charge in [-0.1, -0.05) is 13.8 Å². The van der Waals surface area contributed by atoms with Gasteiger partial charge in [-0.25, -0.2) is 0 Å². The van der Waals surface area contributed by atoms with E-state index in [1.54, 1.807) is 0 Å². The second-order valence-corrected chi connectivity index (χ2v) is 8.45. The molecule has 2 saturated heterocycles. The van der Waals surface area contributed by atoms with E-state index < -0.39 is 0 Å². The van der Waals surface area contributed by atoms with E-state index in [-0.39, 0.29) is 24.0 Å². The van der Waals surface area contributed by atoms with Gasteiger partial charge in [-0.2, -0.15) is 0 Å². The van der Waals surface area contributed by atoms with Gasteiger partial charge in [0.2, 0.25) is 0 Å². The number of nitrogens with one attached hydrogen (secondary N) is 2. The van der Waals surface area contributed by atoms with Crippen LogP contribution in [0, 0.1) is 5.92 Å². The Hall–Kier alpha value is -0.0800. The van der Waals surface area contributed by atoms with Crippen molar-refractivity contribution in [2.45, 2.75) is 78.4 Å². The molecule has 0 amide bonds. The summed E-state index contributed by atoms with van der Waals surface area (Å²) in [6.07, 6.45) is 5.05. The summed E-state index contributed by atoms with van der Waals surface area (Å²) in [4.78, 5) is 10.2. The van der Waals surface area contributed by atoms with Crippen LogP contribution in [0.3, 0.4) is 0 Å². The normalized spacial score (nSPS) is 23.5.